The summed E-state index contributed by atoms with van der Waals surface area (Å²) in [5.74, 6) is 0.0834. The SMILES string of the molecule is COc1cc2ncncc2cc1C[C@@H]1CN(Nc2cccc(Cl)c2F)CCN1C(=O)O. The Morgan fingerprint density at radius 1 is 1.39 bits per heavy atom. The highest BCUT2D eigenvalue weighted by Crippen LogP contribution is 2.28. The normalized spacial score (nSPS) is 17.0. The van der Waals surface area contributed by atoms with Crippen LogP contribution in [0.1, 0.15) is 5.56 Å². The van der Waals surface area contributed by atoms with Gasteiger partial charge in [-0.05, 0) is 30.2 Å². The van der Waals surface area contributed by atoms with Gasteiger partial charge in [0.1, 0.15) is 12.1 Å². The molecule has 1 fully saturated rings. The van der Waals surface area contributed by atoms with Gasteiger partial charge in [-0.25, -0.2) is 24.2 Å². The van der Waals surface area contributed by atoms with Crippen LogP contribution in [-0.4, -0.2) is 63.9 Å². The highest BCUT2D eigenvalue weighted by molar-refractivity contribution is 6.31. The van der Waals surface area contributed by atoms with Crippen molar-refractivity contribution in [2.75, 3.05) is 32.2 Å². The third-order valence-corrected chi connectivity index (χ3v) is 5.61. The van der Waals surface area contributed by atoms with E-state index in [1.165, 1.54) is 17.3 Å². The second kappa shape index (κ2) is 8.91. The lowest BCUT2D eigenvalue weighted by Crippen LogP contribution is -2.57. The Morgan fingerprint density at radius 3 is 3.00 bits per heavy atom. The molecule has 2 N–H and O–H groups in total. The van der Waals surface area contributed by atoms with Crippen molar-refractivity contribution in [3.05, 3.63) is 59.3 Å². The van der Waals surface area contributed by atoms with E-state index in [4.69, 9.17) is 16.3 Å². The number of nitrogens with one attached hydrogen (secondary N) is 1. The molecule has 0 bridgehead atoms. The number of methoxy groups -OCH3 is 1. The van der Waals surface area contributed by atoms with Crippen LogP contribution in [0.15, 0.2) is 42.9 Å². The molecule has 1 amide bonds. The molecule has 31 heavy (non-hydrogen) atoms. The number of aromatic nitrogens is 2. The van der Waals surface area contributed by atoms with Gasteiger partial charge in [-0.3, -0.25) is 0 Å². The smallest absolute Gasteiger partial charge is 0.407 e. The van der Waals surface area contributed by atoms with Crippen LogP contribution in [0.5, 0.6) is 5.75 Å². The molecule has 1 aliphatic heterocycles. The van der Waals surface area contributed by atoms with E-state index in [1.807, 2.05) is 12.1 Å². The standard InChI is InChI=1S/C21H21ClFN5O3/c1-31-19-9-18-14(10-24-12-25-18)7-13(19)8-15-11-27(5-6-28(15)21(29)30)26-17-4-2-3-16(22)20(17)23/h2-4,7,9-10,12,15,26H,5-6,8,11H2,1H3,(H,29,30)/t15-/m1/s1. The molecule has 3 aromatic rings. The van der Waals surface area contributed by atoms with Gasteiger partial charge in [0.25, 0.3) is 0 Å². The number of hydrogen-bond acceptors (Lipinski definition) is 6. The second-order valence-electron chi connectivity index (χ2n) is 7.24. The van der Waals surface area contributed by atoms with Gasteiger partial charge in [0.2, 0.25) is 0 Å². The first-order valence-electron chi connectivity index (χ1n) is 9.68. The van der Waals surface area contributed by atoms with Gasteiger partial charge in [-0.1, -0.05) is 17.7 Å². The van der Waals surface area contributed by atoms with E-state index in [0.29, 0.717) is 25.3 Å². The number of hydrazine groups is 1. The number of rotatable bonds is 5. The van der Waals surface area contributed by atoms with Crippen LogP contribution < -0.4 is 10.2 Å². The summed E-state index contributed by atoms with van der Waals surface area (Å²) in [5.41, 5.74) is 4.86. The van der Waals surface area contributed by atoms with Gasteiger partial charge in [0.05, 0.1) is 29.4 Å². The summed E-state index contributed by atoms with van der Waals surface area (Å²) < 4.78 is 19.8. The topological polar surface area (TPSA) is 90.8 Å². The van der Waals surface area contributed by atoms with Crippen molar-refractivity contribution in [1.82, 2.24) is 19.9 Å². The fraction of sp³-hybridized carbons (Fsp3) is 0.286. The summed E-state index contributed by atoms with van der Waals surface area (Å²) in [7, 11) is 1.57. The molecule has 2 aromatic carbocycles. The number of fused-ring (bicyclic) bond motifs is 1. The second-order valence-corrected chi connectivity index (χ2v) is 7.65. The maximum atomic E-state index is 14.3. The van der Waals surface area contributed by atoms with E-state index < -0.39 is 11.9 Å². The third-order valence-electron chi connectivity index (χ3n) is 5.32. The van der Waals surface area contributed by atoms with E-state index in [2.05, 4.69) is 15.4 Å². The van der Waals surface area contributed by atoms with Crippen LogP contribution in [0, 0.1) is 5.82 Å². The number of hydrogen-bond donors (Lipinski definition) is 2. The Morgan fingerprint density at radius 2 is 2.23 bits per heavy atom. The van der Waals surface area contributed by atoms with Gasteiger partial charge < -0.3 is 20.2 Å². The lowest BCUT2D eigenvalue weighted by atomic mass is 10.0. The molecule has 0 saturated carbocycles. The lowest BCUT2D eigenvalue weighted by molar-refractivity contribution is 0.0768. The summed E-state index contributed by atoms with van der Waals surface area (Å²) >= 11 is 5.87. The molecule has 2 heterocycles. The number of carboxylic acid groups (broad SMARTS) is 1. The Balaban J connectivity index is 1.59. The van der Waals surface area contributed by atoms with Crippen molar-refractivity contribution >= 4 is 34.3 Å². The number of piperazine rings is 1. The van der Waals surface area contributed by atoms with E-state index in [0.717, 1.165) is 16.5 Å². The molecular formula is C21H21ClFN5O3. The van der Waals surface area contributed by atoms with Crippen molar-refractivity contribution in [3.63, 3.8) is 0 Å². The molecule has 0 radical (unpaired) electrons. The van der Waals surface area contributed by atoms with Crippen molar-refractivity contribution < 1.29 is 19.0 Å². The van der Waals surface area contributed by atoms with Crippen molar-refractivity contribution in [1.29, 1.82) is 0 Å². The van der Waals surface area contributed by atoms with Gasteiger partial charge in [-0.2, -0.15) is 0 Å². The molecular weight excluding hydrogens is 425 g/mol. The zero-order chi connectivity index (χ0) is 22.0. The minimum absolute atomic E-state index is 0.0221. The Hall–Kier alpha value is -3.17. The molecule has 1 aliphatic rings. The number of anilines is 1. The third kappa shape index (κ3) is 4.47. The quantitative estimate of drug-likeness (QED) is 0.619. The number of benzene rings is 2. The summed E-state index contributed by atoms with van der Waals surface area (Å²) in [5, 5.41) is 12.4. The fourth-order valence-corrected chi connectivity index (χ4v) is 3.98. The predicted octanol–water partition coefficient (Wildman–Crippen LogP) is 3.66. The zero-order valence-electron chi connectivity index (χ0n) is 16.8. The Kier molecular flexibility index (Phi) is 6.06. The van der Waals surface area contributed by atoms with Crippen LogP contribution in [0.2, 0.25) is 5.02 Å². The Bertz CT molecular complexity index is 1120. The average molecular weight is 446 g/mol. The van der Waals surface area contributed by atoms with E-state index >= 15 is 0 Å². The first kappa shape index (κ1) is 21.1. The first-order valence-corrected chi connectivity index (χ1v) is 10.1. The van der Waals surface area contributed by atoms with Crippen LogP contribution >= 0.6 is 11.6 Å². The predicted molar refractivity (Wildman–Crippen MR) is 115 cm³/mol. The van der Waals surface area contributed by atoms with E-state index in [-0.39, 0.29) is 23.3 Å². The fourth-order valence-electron chi connectivity index (χ4n) is 3.80. The lowest BCUT2D eigenvalue weighted by Gasteiger charge is -2.40. The molecule has 1 aromatic heterocycles. The Labute approximate surface area is 183 Å². The van der Waals surface area contributed by atoms with Crippen molar-refractivity contribution in [3.8, 4) is 5.75 Å². The van der Waals surface area contributed by atoms with Gasteiger partial charge in [0.15, 0.2) is 5.82 Å². The van der Waals surface area contributed by atoms with Crippen LogP contribution in [0.3, 0.4) is 0 Å². The monoisotopic (exact) mass is 445 g/mol. The van der Waals surface area contributed by atoms with E-state index in [1.54, 1.807) is 30.4 Å². The molecule has 0 spiro atoms. The molecule has 0 unspecified atom stereocenters. The zero-order valence-corrected chi connectivity index (χ0v) is 17.5. The maximum absolute atomic E-state index is 14.3. The number of ether oxygens (including phenoxy) is 1. The first-order chi connectivity index (χ1) is 15.0. The largest absolute Gasteiger partial charge is 0.496 e. The number of halogens is 2. The van der Waals surface area contributed by atoms with Crippen molar-refractivity contribution in [2.45, 2.75) is 12.5 Å². The van der Waals surface area contributed by atoms with E-state index in [9.17, 15) is 14.3 Å². The molecule has 1 saturated heterocycles. The van der Waals surface area contributed by atoms with Crippen LogP contribution in [0.4, 0.5) is 14.9 Å². The molecule has 8 nitrogen and oxygen atoms in total. The molecule has 10 heteroatoms. The minimum atomic E-state index is -0.998. The summed E-state index contributed by atoms with van der Waals surface area (Å²) in [6.45, 7) is 1.02. The number of amides is 1. The summed E-state index contributed by atoms with van der Waals surface area (Å²) in [4.78, 5) is 21.5. The molecule has 4 rings (SSSR count). The number of nitrogens with zero attached hydrogens (tertiary/aromatic N) is 4. The summed E-state index contributed by atoms with van der Waals surface area (Å²) in [6, 6.07) is 8.07. The van der Waals surface area contributed by atoms with Crippen LogP contribution in [-0.2, 0) is 6.42 Å². The van der Waals surface area contributed by atoms with Gasteiger partial charge in [0, 0.05) is 37.3 Å². The highest BCUT2D eigenvalue weighted by atomic mass is 35.5. The van der Waals surface area contributed by atoms with Gasteiger partial charge >= 0.3 is 6.09 Å². The minimum Gasteiger partial charge on any atom is -0.496 e. The maximum Gasteiger partial charge on any atom is 0.407 e. The molecule has 0 aliphatic carbocycles. The molecule has 1 atom stereocenters. The van der Waals surface area contributed by atoms with Gasteiger partial charge in [-0.15, -0.1) is 0 Å². The summed E-state index contributed by atoms with van der Waals surface area (Å²) in [6.07, 6.45) is 2.59. The van der Waals surface area contributed by atoms with Crippen molar-refractivity contribution in [2.24, 2.45) is 0 Å². The van der Waals surface area contributed by atoms with Crippen LogP contribution in [0.25, 0.3) is 10.9 Å². The molecule has 162 valence electrons. The highest BCUT2D eigenvalue weighted by Gasteiger charge is 2.31. The number of carbonyl (C=O) groups is 1. The average Bonchev–Trinajstić information content (AvgIpc) is 2.76.